The van der Waals surface area contributed by atoms with Crippen LogP contribution in [0.4, 0.5) is 5.69 Å². The zero-order valence-corrected chi connectivity index (χ0v) is 14.3. The van der Waals surface area contributed by atoms with Crippen LogP contribution in [-0.4, -0.2) is 35.9 Å². The molecule has 1 aliphatic carbocycles. The summed E-state index contributed by atoms with van der Waals surface area (Å²) in [7, 11) is 3.15. The van der Waals surface area contributed by atoms with Gasteiger partial charge in [0, 0.05) is 30.8 Å². The first-order valence-electron chi connectivity index (χ1n) is 8.17. The molecule has 0 fully saturated rings. The Hall–Kier alpha value is -2.89. The maximum Gasteiger partial charge on any atom is 0.310 e. The van der Waals surface area contributed by atoms with E-state index in [1.165, 1.54) is 36.4 Å². The van der Waals surface area contributed by atoms with E-state index >= 15 is 0 Å². The molecule has 0 saturated heterocycles. The van der Waals surface area contributed by atoms with Gasteiger partial charge in [-0.05, 0) is 36.5 Å². The van der Waals surface area contributed by atoms with Gasteiger partial charge in [-0.15, -0.1) is 0 Å². The van der Waals surface area contributed by atoms with Crippen LogP contribution in [0, 0.1) is 10.1 Å². The minimum atomic E-state index is -0.519. The lowest BCUT2D eigenvalue weighted by molar-refractivity contribution is -0.385. The highest BCUT2D eigenvalue weighted by molar-refractivity contribution is 5.95. The van der Waals surface area contributed by atoms with Crippen LogP contribution in [0.3, 0.4) is 0 Å². The smallest absolute Gasteiger partial charge is 0.310 e. The highest BCUT2D eigenvalue weighted by Crippen LogP contribution is 2.29. The molecule has 1 amide bonds. The Morgan fingerprint density at radius 3 is 2.64 bits per heavy atom. The number of carbonyl (C=O) groups is 1. The van der Waals surface area contributed by atoms with E-state index in [9.17, 15) is 14.9 Å². The fraction of sp³-hybridized carbons (Fsp3) is 0.316. The van der Waals surface area contributed by atoms with Crippen molar-refractivity contribution in [1.82, 2.24) is 4.90 Å². The second kappa shape index (κ2) is 6.93. The van der Waals surface area contributed by atoms with E-state index in [2.05, 4.69) is 12.1 Å². The second-order valence-corrected chi connectivity index (χ2v) is 6.23. The van der Waals surface area contributed by atoms with Crippen molar-refractivity contribution in [3.05, 3.63) is 69.3 Å². The summed E-state index contributed by atoms with van der Waals surface area (Å²) in [5, 5.41) is 11.0. The number of amides is 1. The third kappa shape index (κ3) is 3.33. The fourth-order valence-corrected chi connectivity index (χ4v) is 3.34. The molecule has 0 radical (unpaired) electrons. The number of benzene rings is 2. The standard InChI is InChI=1S/C19H20N2O4/c1-20(16-9-7-13-5-3-4-6-14(13)11-16)19(22)15-8-10-17(21(23)24)18(12-15)25-2/h3-6,8,10,12,16H,7,9,11H2,1-2H3/t16-/m0/s1. The van der Waals surface area contributed by atoms with Gasteiger partial charge in [-0.1, -0.05) is 24.3 Å². The summed E-state index contributed by atoms with van der Waals surface area (Å²) < 4.78 is 5.06. The fourth-order valence-electron chi connectivity index (χ4n) is 3.34. The molecule has 0 N–H and O–H groups in total. The van der Waals surface area contributed by atoms with Gasteiger partial charge < -0.3 is 9.64 Å². The molecule has 0 saturated carbocycles. The Balaban J connectivity index is 1.80. The van der Waals surface area contributed by atoms with Crippen LogP contribution in [0.1, 0.15) is 27.9 Å². The van der Waals surface area contributed by atoms with Gasteiger partial charge in [0.15, 0.2) is 5.75 Å². The average Bonchev–Trinajstić information content (AvgIpc) is 2.65. The van der Waals surface area contributed by atoms with E-state index in [1.54, 1.807) is 11.9 Å². The van der Waals surface area contributed by atoms with Crippen molar-refractivity contribution in [2.75, 3.05) is 14.2 Å². The number of likely N-dealkylation sites (N-methyl/N-ethyl adjacent to an activating group) is 1. The van der Waals surface area contributed by atoms with Crippen molar-refractivity contribution >= 4 is 11.6 Å². The zero-order valence-electron chi connectivity index (χ0n) is 14.3. The molecule has 1 aliphatic rings. The first-order chi connectivity index (χ1) is 12.0. The van der Waals surface area contributed by atoms with Gasteiger partial charge in [-0.25, -0.2) is 0 Å². The van der Waals surface area contributed by atoms with Crippen molar-refractivity contribution in [2.45, 2.75) is 25.3 Å². The van der Waals surface area contributed by atoms with Gasteiger partial charge in [0.1, 0.15) is 0 Å². The molecule has 6 heteroatoms. The minimum absolute atomic E-state index is 0.0956. The third-order valence-corrected chi connectivity index (χ3v) is 4.81. The van der Waals surface area contributed by atoms with Gasteiger partial charge in [0.25, 0.3) is 5.91 Å². The molecule has 0 aromatic heterocycles. The summed E-state index contributed by atoms with van der Waals surface area (Å²) >= 11 is 0. The molecule has 3 rings (SSSR count). The number of nitro benzene ring substituents is 1. The number of rotatable bonds is 4. The average molecular weight is 340 g/mol. The molecule has 2 aromatic rings. The number of nitro groups is 1. The van der Waals surface area contributed by atoms with Crippen LogP contribution in [-0.2, 0) is 12.8 Å². The topological polar surface area (TPSA) is 72.7 Å². The lowest BCUT2D eigenvalue weighted by atomic mass is 9.87. The van der Waals surface area contributed by atoms with Crippen LogP contribution in [0.5, 0.6) is 5.75 Å². The Kier molecular flexibility index (Phi) is 4.70. The Morgan fingerprint density at radius 1 is 1.24 bits per heavy atom. The number of aryl methyl sites for hydroxylation is 1. The number of nitrogens with zero attached hydrogens (tertiary/aromatic N) is 2. The number of hydrogen-bond acceptors (Lipinski definition) is 4. The molecule has 130 valence electrons. The summed E-state index contributed by atoms with van der Waals surface area (Å²) in [5.74, 6) is -0.0594. The maximum absolute atomic E-state index is 12.8. The Bertz CT molecular complexity index is 819. The highest BCUT2D eigenvalue weighted by atomic mass is 16.6. The normalized spacial score (nSPS) is 16.0. The van der Waals surface area contributed by atoms with Crippen LogP contribution >= 0.6 is 0 Å². The van der Waals surface area contributed by atoms with E-state index in [-0.39, 0.29) is 23.4 Å². The molecule has 25 heavy (non-hydrogen) atoms. The van der Waals surface area contributed by atoms with Gasteiger partial charge in [0.2, 0.25) is 0 Å². The molecule has 6 nitrogen and oxygen atoms in total. The van der Waals surface area contributed by atoms with Crippen LogP contribution in [0.2, 0.25) is 0 Å². The van der Waals surface area contributed by atoms with Gasteiger partial charge in [0.05, 0.1) is 12.0 Å². The number of methoxy groups -OCH3 is 1. The first kappa shape index (κ1) is 17.0. The first-order valence-corrected chi connectivity index (χ1v) is 8.17. The monoisotopic (exact) mass is 340 g/mol. The SMILES string of the molecule is COc1cc(C(=O)N(C)[C@H]2CCc3ccccc3C2)ccc1[N+](=O)[O-]. The number of ether oxygens (including phenoxy) is 1. The quantitative estimate of drug-likeness (QED) is 0.633. The van der Waals surface area contributed by atoms with E-state index in [1.807, 2.05) is 12.1 Å². The molecule has 0 unspecified atom stereocenters. The molecule has 0 heterocycles. The van der Waals surface area contributed by atoms with Crippen molar-refractivity contribution < 1.29 is 14.5 Å². The Labute approximate surface area is 146 Å². The lowest BCUT2D eigenvalue weighted by Crippen LogP contribution is -2.40. The van der Waals surface area contributed by atoms with Gasteiger partial charge >= 0.3 is 5.69 Å². The zero-order chi connectivity index (χ0) is 18.0. The largest absolute Gasteiger partial charge is 0.490 e. The van der Waals surface area contributed by atoms with Crippen LogP contribution < -0.4 is 4.74 Å². The molecule has 0 spiro atoms. The summed E-state index contributed by atoms with van der Waals surface area (Å²) in [4.78, 5) is 25.0. The van der Waals surface area contributed by atoms with Gasteiger partial charge in [-0.3, -0.25) is 14.9 Å². The molecule has 0 aliphatic heterocycles. The number of hydrogen-bond donors (Lipinski definition) is 0. The molecular weight excluding hydrogens is 320 g/mol. The maximum atomic E-state index is 12.8. The van der Waals surface area contributed by atoms with E-state index in [0.29, 0.717) is 5.56 Å². The molecule has 2 aromatic carbocycles. The summed E-state index contributed by atoms with van der Waals surface area (Å²) in [6, 6.07) is 12.6. The lowest BCUT2D eigenvalue weighted by Gasteiger charge is -2.32. The summed E-state index contributed by atoms with van der Waals surface area (Å²) in [6.45, 7) is 0. The van der Waals surface area contributed by atoms with Crippen molar-refractivity contribution in [2.24, 2.45) is 0 Å². The highest BCUT2D eigenvalue weighted by Gasteiger charge is 2.27. The summed E-state index contributed by atoms with van der Waals surface area (Å²) in [5.41, 5.74) is 2.87. The van der Waals surface area contributed by atoms with Gasteiger partial charge in [-0.2, -0.15) is 0 Å². The van der Waals surface area contributed by atoms with Crippen LogP contribution in [0.15, 0.2) is 42.5 Å². The number of fused-ring (bicyclic) bond motifs is 1. The predicted molar refractivity (Wildman–Crippen MR) is 94.0 cm³/mol. The minimum Gasteiger partial charge on any atom is -0.490 e. The second-order valence-electron chi connectivity index (χ2n) is 6.23. The molecular formula is C19H20N2O4. The van der Waals surface area contributed by atoms with Crippen LogP contribution in [0.25, 0.3) is 0 Å². The molecule has 1 atom stereocenters. The summed E-state index contributed by atoms with van der Waals surface area (Å²) in [6.07, 6.45) is 2.67. The van der Waals surface area contributed by atoms with Crippen molar-refractivity contribution in [3.63, 3.8) is 0 Å². The predicted octanol–water partition coefficient (Wildman–Crippen LogP) is 3.23. The molecule has 0 bridgehead atoms. The number of carbonyl (C=O) groups excluding carboxylic acids is 1. The van der Waals surface area contributed by atoms with E-state index in [0.717, 1.165) is 19.3 Å². The van der Waals surface area contributed by atoms with Crippen molar-refractivity contribution in [1.29, 1.82) is 0 Å². The van der Waals surface area contributed by atoms with E-state index in [4.69, 9.17) is 4.74 Å². The Morgan fingerprint density at radius 2 is 1.96 bits per heavy atom. The van der Waals surface area contributed by atoms with E-state index < -0.39 is 4.92 Å². The van der Waals surface area contributed by atoms with Crippen molar-refractivity contribution in [3.8, 4) is 5.75 Å². The third-order valence-electron chi connectivity index (χ3n) is 4.81.